The van der Waals surface area contributed by atoms with Crippen LogP contribution in [0.25, 0.3) is 0 Å². The molecule has 1 aliphatic rings. The summed E-state index contributed by atoms with van der Waals surface area (Å²) in [5, 5.41) is 9.86. The summed E-state index contributed by atoms with van der Waals surface area (Å²) in [6, 6.07) is 3.00. The number of halogens is 2. The average molecular weight is 334 g/mol. The number of fused-ring (bicyclic) bond motifs is 1. The van der Waals surface area contributed by atoms with Crippen molar-refractivity contribution in [3.8, 4) is 0 Å². The van der Waals surface area contributed by atoms with Gasteiger partial charge in [-0.2, -0.15) is 5.10 Å². The van der Waals surface area contributed by atoms with Gasteiger partial charge in [0.15, 0.2) is 0 Å². The second-order valence-corrected chi connectivity index (χ2v) is 6.31. The van der Waals surface area contributed by atoms with Crippen LogP contribution in [0, 0.1) is 11.6 Å². The Balaban J connectivity index is 1.91. The highest BCUT2D eigenvalue weighted by atomic mass is 19.1. The fourth-order valence-corrected chi connectivity index (χ4v) is 3.05. The Labute approximate surface area is 139 Å². The molecule has 2 amide bonds. The van der Waals surface area contributed by atoms with Crippen molar-refractivity contribution in [1.29, 1.82) is 0 Å². The maximum atomic E-state index is 14.1. The van der Waals surface area contributed by atoms with Crippen molar-refractivity contribution in [3.05, 3.63) is 52.9 Å². The molecular formula is C17H20F2N4O. The number of urea groups is 1. The summed E-state index contributed by atoms with van der Waals surface area (Å²) in [5.74, 6) is -1.21. The van der Waals surface area contributed by atoms with Gasteiger partial charge in [-0.25, -0.2) is 13.6 Å². The molecule has 5 nitrogen and oxygen atoms in total. The van der Waals surface area contributed by atoms with Gasteiger partial charge in [0, 0.05) is 42.8 Å². The van der Waals surface area contributed by atoms with Gasteiger partial charge in [0.25, 0.3) is 0 Å². The maximum absolute atomic E-state index is 14.1. The van der Waals surface area contributed by atoms with E-state index in [-0.39, 0.29) is 24.5 Å². The molecule has 0 saturated carbocycles. The van der Waals surface area contributed by atoms with Gasteiger partial charge in [-0.05, 0) is 25.5 Å². The van der Waals surface area contributed by atoms with Crippen molar-refractivity contribution in [1.82, 2.24) is 20.4 Å². The van der Waals surface area contributed by atoms with E-state index in [0.29, 0.717) is 18.5 Å². The summed E-state index contributed by atoms with van der Waals surface area (Å²) in [6.07, 6.45) is 2.61. The van der Waals surface area contributed by atoms with Crippen molar-refractivity contribution >= 4 is 6.03 Å². The Hall–Kier alpha value is -2.44. The van der Waals surface area contributed by atoms with Crippen LogP contribution < -0.4 is 5.32 Å². The Morgan fingerprint density at radius 1 is 1.46 bits per heavy atom. The molecule has 0 radical (unpaired) electrons. The van der Waals surface area contributed by atoms with Gasteiger partial charge in [-0.3, -0.25) is 5.10 Å². The van der Waals surface area contributed by atoms with Gasteiger partial charge in [0.1, 0.15) is 11.6 Å². The minimum absolute atomic E-state index is 0.00598. The number of carbonyl (C=O) groups excluding carboxylic acids is 1. The van der Waals surface area contributed by atoms with E-state index >= 15 is 0 Å². The first-order valence-corrected chi connectivity index (χ1v) is 7.99. The van der Waals surface area contributed by atoms with E-state index in [2.05, 4.69) is 15.5 Å². The maximum Gasteiger partial charge on any atom is 0.318 e. The van der Waals surface area contributed by atoms with E-state index in [1.165, 1.54) is 12.1 Å². The molecule has 1 aromatic heterocycles. The molecule has 1 aromatic carbocycles. The third-order valence-electron chi connectivity index (χ3n) is 4.19. The number of nitrogens with zero attached hydrogens (tertiary/aromatic N) is 2. The number of rotatable bonds is 3. The van der Waals surface area contributed by atoms with Crippen molar-refractivity contribution in [2.45, 2.75) is 38.8 Å². The van der Waals surface area contributed by atoms with Gasteiger partial charge < -0.3 is 10.2 Å². The highest BCUT2D eigenvalue weighted by Gasteiger charge is 2.33. The molecule has 0 bridgehead atoms. The monoisotopic (exact) mass is 334 g/mol. The van der Waals surface area contributed by atoms with Crippen molar-refractivity contribution in [3.63, 3.8) is 0 Å². The van der Waals surface area contributed by atoms with Crippen LogP contribution in [-0.2, 0) is 12.8 Å². The lowest BCUT2D eigenvalue weighted by Gasteiger charge is -2.36. The third kappa shape index (κ3) is 3.25. The van der Waals surface area contributed by atoms with Gasteiger partial charge >= 0.3 is 6.03 Å². The molecule has 7 heteroatoms. The summed E-state index contributed by atoms with van der Waals surface area (Å²) < 4.78 is 27.2. The normalized spacial score (nSPS) is 17.0. The highest BCUT2D eigenvalue weighted by Crippen LogP contribution is 2.32. The van der Waals surface area contributed by atoms with Crippen LogP contribution >= 0.6 is 0 Å². The van der Waals surface area contributed by atoms with Gasteiger partial charge in [0.2, 0.25) is 0 Å². The zero-order valence-electron chi connectivity index (χ0n) is 13.6. The molecule has 128 valence electrons. The number of H-pyrrole nitrogens is 1. The second-order valence-electron chi connectivity index (χ2n) is 6.31. The van der Waals surface area contributed by atoms with Crippen molar-refractivity contribution in [2.24, 2.45) is 0 Å². The van der Waals surface area contributed by atoms with E-state index < -0.39 is 11.6 Å². The van der Waals surface area contributed by atoms with Crippen LogP contribution in [0.1, 0.15) is 36.7 Å². The number of hydrogen-bond acceptors (Lipinski definition) is 2. The van der Waals surface area contributed by atoms with Crippen LogP contribution in [0.5, 0.6) is 0 Å². The van der Waals surface area contributed by atoms with Gasteiger partial charge in [0.05, 0.1) is 12.2 Å². The van der Waals surface area contributed by atoms with Gasteiger partial charge in [-0.1, -0.05) is 6.07 Å². The van der Waals surface area contributed by atoms with E-state index in [0.717, 1.165) is 17.3 Å². The number of amides is 2. The predicted molar refractivity (Wildman–Crippen MR) is 85.5 cm³/mol. The van der Waals surface area contributed by atoms with Crippen LogP contribution in [0.4, 0.5) is 13.6 Å². The van der Waals surface area contributed by atoms with Crippen LogP contribution in [0.2, 0.25) is 0 Å². The summed E-state index contributed by atoms with van der Waals surface area (Å²) in [6.45, 7) is 4.29. The lowest BCUT2D eigenvalue weighted by molar-refractivity contribution is 0.166. The van der Waals surface area contributed by atoms with Crippen molar-refractivity contribution in [2.75, 3.05) is 6.54 Å². The van der Waals surface area contributed by atoms with E-state index in [1.54, 1.807) is 11.1 Å². The average Bonchev–Trinajstić information content (AvgIpc) is 2.98. The smallest absolute Gasteiger partial charge is 0.318 e. The molecule has 2 heterocycles. The number of aromatic nitrogens is 2. The molecule has 1 aliphatic heterocycles. The van der Waals surface area contributed by atoms with Gasteiger partial charge in [-0.15, -0.1) is 0 Å². The first-order valence-electron chi connectivity index (χ1n) is 7.99. The fourth-order valence-electron chi connectivity index (χ4n) is 3.05. The zero-order valence-corrected chi connectivity index (χ0v) is 13.6. The quantitative estimate of drug-likeness (QED) is 0.906. The standard InChI is InChI=1S/C17H20F2N4O/c1-10(2)21-17(24)23-6-5-15-13(9-20-22-15)16(23)7-11-3-4-12(18)8-14(11)19/h3-4,8-10,16H,5-7H2,1-2H3,(H,20,22)(H,21,24). The number of hydrogen-bond donors (Lipinski definition) is 2. The van der Waals surface area contributed by atoms with Crippen molar-refractivity contribution < 1.29 is 13.6 Å². The topological polar surface area (TPSA) is 61.0 Å². The van der Waals surface area contributed by atoms with E-state index in [1.807, 2.05) is 13.8 Å². The number of aromatic amines is 1. The molecule has 2 N–H and O–H groups in total. The minimum atomic E-state index is -0.613. The molecule has 3 rings (SSSR count). The number of carbonyl (C=O) groups is 1. The first-order chi connectivity index (χ1) is 11.5. The molecule has 1 unspecified atom stereocenters. The predicted octanol–water partition coefficient (Wildman–Crippen LogP) is 2.95. The largest absolute Gasteiger partial charge is 0.336 e. The van der Waals surface area contributed by atoms with E-state index in [9.17, 15) is 13.6 Å². The SMILES string of the molecule is CC(C)NC(=O)N1CCc2[nH]ncc2C1Cc1ccc(F)cc1F. The van der Waals surface area contributed by atoms with Crippen LogP contribution in [-0.4, -0.2) is 33.7 Å². The van der Waals surface area contributed by atoms with Crippen LogP contribution in [0.15, 0.2) is 24.4 Å². The summed E-state index contributed by atoms with van der Waals surface area (Å²) in [5.41, 5.74) is 2.21. The molecule has 0 aliphatic carbocycles. The summed E-state index contributed by atoms with van der Waals surface area (Å²) in [7, 11) is 0. The van der Waals surface area contributed by atoms with E-state index in [4.69, 9.17) is 0 Å². The molecule has 0 fully saturated rings. The third-order valence-corrected chi connectivity index (χ3v) is 4.19. The Kier molecular flexibility index (Phi) is 4.51. The Morgan fingerprint density at radius 3 is 2.96 bits per heavy atom. The lowest BCUT2D eigenvalue weighted by Crippen LogP contribution is -2.48. The fraction of sp³-hybridized carbons (Fsp3) is 0.412. The molecule has 1 atom stereocenters. The van der Waals surface area contributed by atoms with Crippen LogP contribution in [0.3, 0.4) is 0 Å². The summed E-state index contributed by atoms with van der Waals surface area (Å²) >= 11 is 0. The lowest BCUT2D eigenvalue weighted by atomic mass is 9.93. The molecule has 2 aromatic rings. The number of benzene rings is 1. The second kappa shape index (κ2) is 6.59. The molecular weight excluding hydrogens is 314 g/mol. The Morgan fingerprint density at radius 2 is 2.25 bits per heavy atom. The Bertz CT molecular complexity index is 744. The summed E-state index contributed by atoms with van der Waals surface area (Å²) in [4.78, 5) is 14.2. The minimum Gasteiger partial charge on any atom is -0.336 e. The molecule has 0 saturated heterocycles. The number of nitrogens with one attached hydrogen (secondary N) is 2. The first kappa shape index (κ1) is 16.4. The molecule has 24 heavy (non-hydrogen) atoms. The molecule has 0 spiro atoms. The highest BCUT2D eigenvalue weighted by molar-refractivity contribution is 5.75. The zero-order chi connectivity index (χ0) is 17.3.